The minimum absolute atomic E-state index is 0.0280. The second-order valence-electron chi connectivity index (χ2n) is 7.07. The van der Waals surface area contributed by atoms with Crippen LogP contribution in [-0.2, 0) is 12.5 Å². The topological polar surface area (TPSA) is 38.0 Å². The van der Waals surface area contributed by atoms with Gasteiger partial charge in [0.2, 0.25) is 0 Å². The third-order valence-electron chi connectivity index (χ3n) is 4.22. The van der Waals surface area contributed by atoms with Gasteiger partial charge in [0.25, 0.3) is 0 Å². The van der Waals surface area contributed by atoms with Crippen molar-refractivity contribution in [3.8, 4) is 0 Å². The molecule has 1 aromatic rings. The molecule has 0 aromatic carbocycles. The van der Waals surface area contributed by atoms with Crippen molar-refractivity contribution in [3.05, 3.63) is 23.0 Å². The number of rotatable bonds is 3. The summed E-state index contributed by atoms with van der Waals surface area (Å²) in [7, 11) is 1.96. The number of aliphatic hydroxyl groups excluding tert-OH is 1. The van der Waals surface area contributed by atoms with E-state index < -0.39 is 0 Å². The van der Waals surface area contributed by atoms with E-state index in [1.807, 2.05) is 11.7 Å². The first-order valence-electron chi connectivity index (χ1n) is 7.77. The summed E-state index contributed by atoms with van der Waals surface area (Å²) < 4.78 is 1.88. The fraction of sp³-hybridized carbons (Fsp3) is 0.706. The second kappa shape index (κ2) is 6.13. The molecule has 0 aliphatic heterocycles. The van der Waals surface area contributed by atoms with Crippen molar-refractivity contribution in [2.24, 2.45) is 13.0 Å². The Labute approximate surface area is 122 Å². The van der Waals surface area contributed by atoms with Crippen LogP contribution in [0.3, 0.4) is 0 Å². The highest BCUT2D eigenvalue weighted by molar-refractivity contribution is 5.56. The van der Waals surface area contributed by atoms with Crippen molar-refractivity contribution in [3.63, 3.8) is 0 Å². The number of aliphatic hydroxyl groups is 1. The minimum atomic E-state index is 0.0280. The van der Waals surface area contributed by atoms with E-state index in [9.17, 15) is 5.11 Å². The fourth-order valence-electron chi connectivity index (χ4n) is 3.16. The molecule has 1 heterocycles. The Balaban J connectivity index is 2.32. The van der Waals surface area contributed by atoms with Crippen LogP contribution in [0, 0.1) is 5.92 Å². The average Bonchev–Trinajstić information content (AvgIpc) is 2.78. The van der Waals surface area contributed by atoms with Crippen molar-refractivity contribution in [1.82, 2.24) is 9.78 Å². The summed E-state index contributed by atoms with van der Waals surface area (Å²) in [6.45, 7) is 6.73. The smallest absolute Gasteiger partial charge is 0.0750 e. The maximum Gasteiger partial charge on any atom is 0.0750 e. The van der Waals surface area contributed by atoms with Crippen LogP contribution in [0.25, 0.3) is 6.08 Å². The molecule has 1 aliphatic rings. The zero-order valence-electron chi connectivity index (χ0n) is 13.3. The first-order valence-corrected chi connectivity index (χ1v) is 7.77. The van der Waals surface area contributed by atoms with Crippen molar-refractivity contribution in [2.75, 3.05) is 6.61 Å². The molecule has 0 atom stereocenters. The van der Waals surface area contributed by atoms with Gasteiger partial charge in [-0.2, -0.15) is 5.10 Å². The predicted molar refractivity (Wildman–Crippen MR) is 83.5 cm³/mol. The summed E-state index contributed by atoms with van der Waals surface area (Å²) in [4.78, 5) is 0. The first kappa shape index (κ1) is 15.3. The van der Waals surface area contributed by atoms with Crippen molar-refractivity contribution in [1.29, 1.82) is 0 Å². The molecule has 1 aliphatic carbocycles. The Hall–Kier alpha value is -1.09. The van der Waals surface area contributed by atoms with Gasteiger partial charge < -0.3 is 5.11 Å². The van der Waals surface area contributed by atoms with Crippen LogP contribution in [-0.4, -0.2) is 21.5 Å². The molecule has 1 aromatic heterocycles. The van der Waals surface area contributed by atoms with Gasteiger partial charge in [0.15, 0.2) is 0 Å². The van der Waals surface area contributed by atoms with Crippen LogP contribution in [0.2, 0.25) is 0 Å². The molecule has 0 spiro atoms. The number of hydrogen-bond donors (Lipinski definition) is 1. The van der Waals surface area contributed by atoms with E-state index in [4.69, 9.17) is 0 Å². The normalized spacial score (nSPS) is 18.6. The molecule has 0 radical (unpaired) electrons. The van der Waals surface area contributed by atoms with Gasteiger partial charge in [-0.3, -0.25) is 4.68 Å². The molecule has 1 N–H and O–H groups in total. The van der Waals surface area contributed by atoms with Gasteiger partial charge in [-0.25, -0.2) is 0 Å². The highest BCUT2D eigenvalue weighted by Gasteiger charge is 2.23. The Morgan fingerprint density at radius 3 is 2.55 bits per heavy atom. The van der Waals surface area contributed by atoms with Crippen LogP contribution in [0.4, 0.5) is 0 Å². The summed E-state index contributed by atoms with van der Waals surface area (Å²) in [6, 6.07) is 0. The Morgan fingerprint density at radius 2 is 2.00 bits per heavy atom. The van der Waals surface area contributed by atoms with Crippen molar-refractivity contribution < 1.29 is 5.11 Å². The van der Waals surface area contributed by atoms with Crippen LogP contribution in [0.1, 0.15) is 64.1 Å². The lowest BCUT2D eigenvalue weighted by Crippen LogP contribution is -2.15. The van der Waals surface area contributed by atoms with E-state index in [0.29, 0.717) is 5.92 Å². The van der Waals surface area contributed by atoms with E-state index in [1.165, 1.54) is 37.7 Å². The summed E-state index contributed by atoms with van der Waals surface area (Å²) >= 11 is 0. The van der Waals surface area contributed by atoms with Crippen LogP contribution >= 0.6 is 0 Å². The molecular weight excluding hydrogens is 248 g/mol. The zero-order valence-corrected chi connectivity index (χ0v) is 13.3. The van der Waals surface area contributed by atoms with Crippen molar-refractivity contribution >= 4 is 6.08 Å². The molecule has 1 fully saturated rings. The van der Waals surface area contributed by atoms with Crippen LogP contribution in [0.5, 0.6) is 0 Å². The van der Waals surface area contributed by atoms with Gasteiger partial charge >= 0.3 is 0 Å². The molecule has 0 bridgehead atoms. The molecule has 20 heavy (non-hydrogen) atoms. The van der Waals surface area contributed by atoms with E-state index in [2.05, 4.69) is 38.1 Å². The van der Waals surface area contributed by atoms with E-state index in [0.717, 1.165) is 11.3 Å². The summed E-state index contributed by atoms with van der Waals surface area (Å²) in [5.74, 6) is 0.557. The quantitative estimate of drug-likeness (QED) is 0.914. The molecular formula is C17H28N2O. The van der Waals surface area contributed by atoms with Crippen LogP contribution < -0.4 is 0 Å². The SMILES string of the molecule is Cn1cc(/C=C(/CO)C2CCCCC2)c(C(C)(C)C)n1. The molecule has 0 unspecified atom stereocenters. The molecule has 3 heteroatoms. The third kappa shape index (κ3) is 3.51. The van der Waals surface area contributed by atoms with Gasteiger partial charge in [-0.05, 0) is 30.4 Å². The molecule has 1 saturated carbocycles. The Bertz CT molecular complexity index is 474. The highest BCUT2D eigenvalue weighted by atomic mass is 16.3. The second-order valence-corrected chi connectivity index (χ2v) is 7.07. The number of aromatic nitrogens is 2. The number of aryl methyl sites for hydroxylation is 1. The monoisotopic (exact) mass is 276 g/mol. The fourth-order valence-corrected chi connectivity index (χ4v) is 3.16. The molecule has 0 amide bonds. The lowest BCUT2D eigenvalue weighted by molar-refractivity contribution is 0.295. The lowest BCUT2D eigenvalue weighted by Gasteiger charge is -2.24. The highest BCUT2D eigenvalue weighted by Crippen LogP contribution is 2.32. The largest absolute Gasteiger partial charge is 0.392 e. The van der Waals surface area contributed by atoms with Crippen LogP contribution in [0.15, 0.2) is 11.8 Å². The maximum absolute atomic E-state index is 9.74. The maximum atomic E-state index is 9.74. The number of hydrogen-bond acceptors (Lipinski definition) is 2. The third-order valence-corrected chi connectivity index (χ3v) is 4.22. The van der Waals surface area contributed by atoms with E-state index in [-0.39, 0.29) is 12.0 Å². The Kier molecular flexibility index (Phi) is 4.69. The van der Waals surface area contributed by atoms with E-state index >= 15 is 0 Å². The van der Waals surface area contributed by atoms with Gasteiger partial charge in [-0.1, -0.05) is 40.0 Å². The van der Waals surface area contributed by atoms with Gasteiger partial charge in [0, 0.05) is 24.2 Å². The average molecular weight is 276 g/mol. The standard InChI is InChI=1S/C17H28N2O/c1-17(2,3)16-14(11-19(4)18-16)10-15(12-20)13-8-6-5-7-9-13/h10-11,13,20H,5-9,12H2,1-4H3/b15-10-. The van der Waals surface area contributed by atoms with Gasteiger partial charge in [0.05, 0.1) is 12.3 Å². The molecule has 0 saturated heterocycles. The summed E-state index contributed by atoms with van der Waals surface area (Å²) in [5, 5.41) is 14.3. The lowest BCUT2D eigenvalue weighted by atomic mass is 9.82. The van der Waals surface area contributed by atoms with Gasteiger partial charge in [0.1, 0.15) is 0 Å². The zero-order chi connectivity index (χ0) is 14.8. The van der Waals surface area contributed by atoms with E-state index in [1.54, 1.807) is 0 Å². The molecule has 3 nitrogen and oxygen atoms in total. The summed E-state index contributed by atoms with van der Waals surface area (Å²) in [6.07, 6.45) is 10.6. The minimum Gasteiger partial charge on any atom is -0.392 e. The first-order chi connectivity index (χ1) is 9.41. The van der Waals surface area contributed by atoms with Gasteiger partial charge in [-0.15, -0.1) is 0 Å². The molecule has 112 valence electrons. The predicted octanol–water partition coefficient (Wildman–Crippen LogP) is 3.67. The molecule has 2 rings (SSSR count). The van der Waals surface area contributed by atoms with Crippen molar-refractivity contribution in [2.45, 2.75) is 58.3 Å². The number of nitrogens with zero attached hydrogens (tertiary/aromatic N) is 2. The summed E-state index contributed by atoms with van der Waals surface area (Å²) in [5.41, 5.74) is 3.49. The Morgan fingerprint density at radius 1 is 1.35 bits per heavy atom.